The molecule has 0 aliphatic carbocycles. The van der Waals surface area contributed by atoms with Crippen molar-refractivity contribution in [3.63, 3.8) is 0 Å². The van der Waals surface area contributed by atoms with Gasteiger partial charge in [-0.15, -0.1) is 0 Å². The van der Waals surface area contributed by atoms with Gasteiger partial charge in [-0.1, -0.05) is 48.9 Å². The number of sulfonamides is 1. The van der Waals surface area contributed by atoms with Crippen LogP contribution in [0.3, 0.4) is 0 Å². The lowest BCUT2D eigenvalue weighted by Gasteiger charge is -2.32. The molecule has 180 valence electrons. The highest BCUT2D eigenvalue weighted by Crippen LogP contribution is 2.28. The second-order valence-corrected chi connectivity index (χ2v) is 10.4. The summed E-state index contributed by atoms with van der Waals surface area (Å²) in [7, 11) is -3.80. The van der Waals surface area contributed by atoms with E-state index in [0.29, 0.717) is 22.8 Å². The highest BCUT2D eigenvalue weighted by atomic mass is 35.5. The number of nitrogens with zero attached hydrogens (tertiary/aromatic N) is 2. The number of carbonyl (C=O) groups is 2. The van der Waals surface area contributed by atoms with E-state index < -0.39 is 28.5 Å². The van der Waals surface area contributed by atoms with Crippen LogP contribution in [0.5, 0.6) is 0 Å². The van der Waals surface area contributed by atoms with Gasteiger partial charge in [0, 0.05) is 18.1 Å². The molecule has 0 fully saturated rings. The lowest BCUT2D eigenvalue weighted by Crippen LogP contribution is -2.51. The summed E-state index contributed by atoms with van der Waals surface area (Å²) in [5, 5.41) is 3.22. The van der Waals surface area contributed by atoms with Gasteiger partial charge in [-0.25, -0.2) is 8.42 Å². The summed E-state index contributed by atoms with van der Waals surface area (Å²) >= 11 is 6.20. The van der Waals surface area contributed by atoms with Crippen LogP contribution in [0, 0.1) is 13.8 Å². The predicted octanol–water partition coefficient (Wildman–Crippen LogP) is 3.67. The van der Waals surface area contributed by atoms with Gasteiger partial charge in [0.15, 0.2) is 0 Å². The van der Waals surface area contributed by atoms with Crippen LogP contribution in [0.1, 0.15) is 37.0 Å². The molecule has 2 amide bonds. The highest BCUT2D eigenvalue weighted by molar-refractivity contribution is 7.92. The summed E-state index contributed by atoms with van der Waals surface area (Å²) in [5.41, 5.74) is 2.74. The van der Waals surface area contributed by atoms with E-state index >= 15 is 0 Å². The van der Waals surface area contributed by atoms with Gasteiger partial charge >= 0.3 is 0 Å². The summed E-state index contributed by atoms with van der Waals surface area (Å²) in [5.74, 6) is -0.772. The molecule has 1 N–H and O–H groups in total. The molecule has 2 aromatic rings. The van der Waals surface area contributed by atoms with Crippen LogP contribution >= 0.6 is 11.6 Å². The van der Waals surface area contributed by atoms with Crippen LogP contribution in [0.4, 0.5) is 5.69 Å². The summed E-state index contributed by atoms with van der Waals surface area (Å²) in [6, 6.07) is 11.7. The van der Waals surface area contributed by atoms with Crippen molar-refractivity contribution in [2.45, 2.75) is 46.7 Å². The summed E-state index contributed by atoms with van der Waals surface area (Å²) in [6.45, 7) is 7.45. The first-order valence-electron chi connectivity index (χ1n) is 10.8. The first-order valence-corrected chi connectivity index (χ1v) is 13.0. The second kappa shape index (κ2) is 11.5. The predicted molar refractivity (Wildman–Crippen MR) is 133 cm³/mol. The van der Waals surface area contributed by atoms with E-state index in [-0.39, 0.29) is 12.5 Å². The van der Waals surface area contributed by atoms with Crippen LogP contribution in [-0.4, -0.2) is 50.5 Å². The fourth-order valence-corrected chi connectivity index (χ4v) is 4.48. The Bertz CT molecular complexity index is 1100. The van der Waals surface area contributed by atoms with Crippen molar-refractivity contribution < 1.29 is 18.0 Å². The Morgan fingerprint density at radius 3 is 2.36 bits per heavy atom. The van der Waals surface area contributed by atoms with Crippen molar-refractivity contribution in [2.75, 3.05) is 23.7 Å². The number of rotatable bonds is 10. The summed E-state index contributed by atoms with van der Waals surface area (Å²) in [4.78, 5) is 27.7. The minimum Gasteiger partial charge on any atom is -0.354 e. The maximum Gasteiger partial charge on any atom is 0.244 e. The maximum absolute atomic E-state index is 13.5. The minimum absolute atomic E-state index is 0.179. The zero-order valence-electron chi connectivity index (χ0n) is 19.8. The number of halogens is 1. The molecule has 0 saturated heterocycles. The van der Waals surface area contributed by atoms with Crippen molar-refractivity contribution in [2.24, 2.45) is 0 Å². The van der Waals surface area contributed by atoms with Gasteiger partial charge in [-0.05, 0) is 56.0 Å². The Balaban J connectivity index is 2.43. The van der Waals surface area contributed by atoms with Gasteiger partial charge in [0.2, 0.25) is 21.8 Å². The molecule has 0 aromatic heterocycles. The van der Waals surface area contributed by atoms with Crippen molar-refractivity contribution >= 4 is 39.1 Å². The number of hydrogen-bond acceptors (Lipinski definition) is 4. The van der Waals surface area contributed by atoms with E-state index in [1.807, 2.05) is 38.1 Å². The van der Waals surface area contributed by atoms with Gasteiger partial charge in [0.1, 0.15) is 12.6 Å². The second-order valence-electron chi connectivity index (χ2n) is 8.07. The number of amides is 2. The molecule has 2 rings (SSSR count). The molecule has 0 unspecified atom stereocenters. The van der Waals surface area contributed by atoms with E-state index in [1.165, 1.54) is 4.90 Å². The normalized spacial score (nSPS) is 12.2. The molecule has 0 heterocycles. The molecule has 0 aliphatic rings. The Labute approximate surface area is 201 Å². The van der Waals surface area contributed by atoms with E-state index in [9.17, 15) is 18.0 Å². The minimum atomic E-state index is -3.80. The zero-order chi connectivity index (χ0) is 24.8. The fraction of sp³-hybridized carbons (Fsp3) is 0.417. The van der Waals surface area contributed by atoms with Crippen LogP contribution in [0.15, 0.2) is 42.5 Å². The average molecular weight is 494 g/mol. The quantitative estimate of drug-likeness (QED) is 0.547. The van der Waals surface area contributed by atoms with Gasteiger partial charge in [0.25, 0.3) is 0 Å². The van der Waals surface area contributed by atoms with Gasteiger partial charge in [-0.2, -0.15) is 0 Å². The van der Waals surface area contributed by atoms with Crippen molar-refractivity contribution in [3.05, 3.63) is 64.2 Å². The summed E-state index contributed by atoms with van der Waals surface area (Å²) < 4.78 is 26.3. The maximum atomic E-state index is 13.5. The smallest absolute Gasteiger partial charge is 0.244 e. The van der Waals surface area contributed by atoms with Crippen LogP contribution in [0.2, 0.25) is 5.02 Å². The largest absolute Gasteiger partial charge is 0.354 e. The van der Waals surface area contributed by atoms with E-state index in [2.05, 4.69) is 5.32 Å². The molecule has 33 heavy (non-hydrogen) atoms. The van der Waals surface area contributed by atoms with Crippen LogP contribution < -0.4 is 9.62 Å². The third-order valence-electron chi connectivity index (χ3n) is 5.51. The standard InChI is InChI=1S/C24H32ClN3O4S/c1-6-14-26-24(30)19(4)27(15-20-11-8-7-10-17(20)2)23(29)16-28(33(5,31)32)22-13-9-12-21(25)18(22)3/h7-13,19H,6,14-16H2,1-5H3,(H,26,30)/t19-/m1/s1. The third kappa shape index (κ3) is 6.95. The molecule has 0 aliphatic heterocycles. The SMILES string of the molecule is CCCNC(=O)[C@@H](C)N(Cc1ccccc1C)C(=O)CN(c1cccc(Cl)c1C)S(C)(=O)=O. The number of anilines is 1. The van der Waals surface area contributed by atoms with Gasteiger partial charge in [0.05, 0.1) is 11.9 Å². The topological polar surface area (TPSA) is 86.8 Å². The van der Waals surface area contributed by atoms with Gasteiger partial charge < -0.3 is 10.2 Å². The molecule has 0 spiro atoms. The van der Waals surface area contributed by atoms with E-state index in [1.54, 1.807) is 32.0 Å². The number of hydrogen-bond donors (Lipinski definition) is 1. The molecule has 0 radical (unpaired) electrons. The zero-order valence-corrected chi connectivity index (χ0v) is 21.3. The molecule has 1 atom stereocenters. The Morgan fingerprint density at radius 2 is 1.76 bits per heavy atom. The van der Waals surface area contributed by atoms with Gasteiger partial charge in [-0.3, -0.25) is 13.9 Å². The van der Waals surface area contributed by atoms with Crippen molar-refractivity contribution in [3.8, 4) is 0 Å². The van der Waals surface area contributed by atoms with E-state index in [0.717, 1.165) is 28.1 Å². The lowest BCUT2D eigenvalue weighted by molar-refractivity contribution is -0.139. The van der Waals surface area contributed by atoms with Crippen LogP contribution in [-0.2, 0) is 26.2 Å². The molecule has 2 aromatic carbocycles. The number of aryl methyl sites for hydroxylation is 1. The fourth-order valence-electron chi connectivity index (χ4n) is 3.41. The highest BCUT2D eigenvalue weighted by Gasteiger charge is 2.30. The van der Waals surface area contributed by atoms with E-state index in [4.69, 9.17) is 11.6 Å². The molecular weight excluding hydrogens is 462 g/mol. The first-order chi connectivity index (χ1) is 15.5. The molecule has 0 saturated carbocycles. The average Bonchev–Trinajstić information content (AvgIpc) is 2.76. The summed E-state index contributed by atoms with van der Waals surface area (Å²) in [6.07, 6.45) is 1.81. The molecule has 0 bridgehead atoms. The molecule has 7 nitrogen and oxygen atoms in total. The third-order valence-corrected chi connectivity index (χ3v) is 7.04. The van der Waals surface area contributed by atoms with Crippen molar-refractivity contribution in [1.29, 1.82) is 0 Å². The Kier molecular flexibility index (Phi) is 9.31. The van der Waals surface area contributed by atoms with Crippen LogP contribution in [0.25, 0.3) is 0 Å². The number of carbonyl (C=O) groups excluding carboxylic acids is 2. The first kappa shape index (κ1) is 26.7. The Hall–Kier alpha value is -2.58. The number of nitrogens with one attached hydrogen (secondary N) is 1. The number of benzene rings is 2. The Morgan fingerprint density at radius 1 is 1.09 bits per heavy atom. The molecule has 9 heteroatoms. The lowest BCUT2D eigenvalue weighted by atomic mass is 10.1. The molecular formula is C24H32ClN3O4S. The monoisotopic (exact) mass is 493 g/mol. The van der Waals surface area contributed by atoms with Crippen molar-refractivity contribution in [1.82, 2.24) is 10.2 Å².